The van der Waals surface area contributed by atoms with E-state index in [4.69, 9.17) is 4.74 Å². The summed E-state index contributed by atoms with van der Waals surface area (Å²) in [6.07, 6.45) is 4.21. The van der Waals surface area contributed by atoms with Crippen LogP contribution in [0.3, 0.4) is 0 Å². The molecule has 2 amide bonds. The first-order chi connectivity index (χ1) is 13.6. The molecule has 0 aliphatic carbocycles. The third-order valence-electron chi connectivity index (χ3n) is 3.52. The smallest absolute Gasteiger partial charge is 0.339 e. The summed E-state index contributed by atoms with van der Waals surface area (Å²) >= 11 is 1.19. The van der Waals surface area contributed by atoms with Crippen molar-refractivity contribution in [3.63, 3.8) is 0 Å². The van der Waals surface area contributed by atoms with Crippen molar-refractivity contribution in [2.24, 2.45) is 0 Å². The number of hydrogen-bond donors (Lipinski definition) is 2. The van der Waals surface area contributed by atoms with E-state index in [2.05, 4.69) is 25.6 Å². The van der Waals surface area contributed by atoms with Gasteiger partial charge in [0.05, 0.1) is 36.7 Å². The summed E-state index contributed by atoms with van der Waals surface area (Å²) in [5.74, 6) is -1.34. The third-order valence-corrected chi connectivity index (χ3v) is 4.32. The minimum Gasteiger partial charge on any atom is -0.465 e. The summed E-state index contributed by atoms with van der Waals surface area (Å²) in [5.41, 5.74) is 1.25. The maximum Gasteiger partial charge on any atom is 0.339 e. The lowest BCUT2D eigenvalue weighted by atomic mass is 10.1. The quantitative estimate of drug-likeness (QED) is 0.611. The topological polar surface area (TPSA) is 123 Å². The van der Waals surface area contributed by atoms with Gasteiger partial charge in [0, 0.05) is 17.8 Å². The molecule has 28 heavy (non-hydrogen) atoms. The number of carbonyl (C=O) groups is 3. The zero-order chi connectivity index (χ0) is 19.9. The van der Waals surface area contributed by atoms with Crippen molar-refractivity contribution in [1.29, 1.82) is 0 Å². The number of nitrogens with zero attached hydrogens (tertiary/aromatic N) is 3. The molecule has 0 saturated heterocycles. The van der Waals surface area contributed by atoms with Crippen LogP contribution in [-0.2, 0) is 16.0 Å². The van der Waals surface area contributed by atoms with Crippen LogP contribution in [-0.4, -0.2) is 39.8 Å². The van der Waals surface area contributed by atoms with E-state index in [9.17, 15) is 14.4 Å². The van der Waals surface area contributed by atoms with Crippen molar-refractivity contribution < 1.29 is 19.1 Å². The highest BCUT2D eigenvalue weighted by atomic mass is 32.1. The lowest BCUT2D eigenvalue weighted by molar-refractivity contribution is -0.115. The van der Waals surface area contributed by atoms with Crippen molar-refractivity contribution in [2.45, 2.75) is 6.42 Å². The fraction of sp³-hybridized carbons (Fsp3) is 0.111. The molecule has 0 aliphatic rings. The van der Waals surface area contributed by atoms with E-state index in [-0.39, 0.29) is 23.6 Å². The van der Waals surface area contributed by atoms with E-state index < -0.39 is 11.9 Å². The highest BCUT2D eigenvalue weighted by molar-refractivity contribution is 7.14. The molecular weight excluding hydrogens is 382 g/mol. The second-order valence-corrected chi connectivity index (χ2v) is 6.31. The molecule has 2 heterocycles. The average Bonchev–Trinajstić information content (AvgIpc) is 3.15. The number of esters is 1. The number of aromatic nitrogens is 3. The molecule has 142 valence electrons. The van der Waals surface area contributed by atoms with Crippen molar-refractivity contribution in [3.05, 3.63) is 65.2 Å². The number of rotatable bonds is 6. The maximum absolute atomic E-state index is 12.3. The average molecular weight is 397 g/mol. The van der Waals surface area contributed by atoms with Gasteiger partial charge in [-0.25, -0.2) is 14.8 Å². The predicted molar refractivity (Wildman–Crippen MR) is 102 cm³/mol. The Morgan fingerprint density at radius 2 is 1.96 bits per heavy atom. The molecule has 0 bridgehead atoms. The number of nitrogens with one attached hydrogen (secondary N) is 2. The number of methoxy groups -OCH3 is 1. The molecule has 2 aromatic heterocycles. The molecule has 3 aromatic rings. The molecule has 0 saturated carbocycles. The molecule has 9 nitrogen and oxygen atoms in total. The molecule has 0 fully saturated rings. The van der Waals surface area contributed by atoms with Crippen LogP contribution in [0.1, 0.15) is 26.5 Å². The Labute approximate surface area is 163 Å². The van der Waals surface area contributed by atoms with E-state index in [1.165, 1.54) is 37.0 Å². The molecule has 0 atom stereocenters. The summed E-state index contributed by atoms with van der Waals surface area (Å²) in [4.78, 5) is 48.1. The summed E-state index contributed by atoms with van der Waals surface area (Å²) in [5, 5.41) is 7.28. The lowest BCUT2D eigenvalue weighted by Crippen LogP contribution is -2.17. The van der Waals surface area contributed by atoms with Crippen LogP contribution in [0.25, 0.3) is 0 Å². The zero-order valence-electron chi connectivity index (χ0n) is 14.7. The first kappa shape index (κ1) is 19.1. The Balaban J connectivity index is 1.62. The second-order valence-electron chi connectivity index (χ2n) is 5.45. The van der Waals surface area contributed by atoms with Crippen molar-refractivity contribution in [3.8, 4) is 0 Å². The van der Waals surface area contributed by atoms with Crippen molar-refractivity contribution in [1.82, 2.24) is 15.0 Å². The Hall–Kier alpha value is -3.66. The van der Waals surface area contributed by atoms with Gasteiger partial charge >= 0.3 is 5.97 Å². The first-order valence-electron chi connectivity index (χ1n) is 8.06. The largest absolute Gasteiger partial charge is 0.465 e. The molecule has 2 N–H and O–H groups in total. The summed E-state index contributed by atoms with van der Waals surface area (Å²) < 4.78 is 4.70. The Morgan fingerprint density at radius 3 is 2.71 bits per heavy atom. The fourth-order valence-electron chi connectivity index (χ4n) is 2.26. The van der Waals surface area contributed by atoms with Gasteiger partial charge in [0.2, 0.25) is 5.91 Å². The van der Waals surface area contributed by atoms with E-state index in [0.29, 0.717) is 16.5 Å². The highest BCUT2D eigenvalue weighted by Crippen LogP contribution is 2.19. The van der Waals surface area contributed by atoms with Crippen molar-refractivity contribution >= 4 is 39.9 Å². The Kier molecular flexibility index (Phi) is 6.02. The highest BCUT2D eigenvalue weighted by Gasteiger charge is 2.15. The third kappa shape index (κ3) is 4.74. The number of benzene rings is 1. The van der Waals surface area contributed by atoms with Crippen LogP contribution in [0.5, 0.6) is 0 Å². The van der Waals surface area contributed by atoms with E-state index in [0.717, 1.165) is 0 Å². The number of amides is 2. The lowest BCUT2D eigenvalue weighted by Gasteiger charge is -2.08. The second kappa shape index (κ2) is 8.82. The van der Waals surface area contributed by atoms with Crippen molar-refractivity contribution in [2.75, 3.05) is 17.7 Å². The van der Waals surface area contributed by atoms with Crippen LogP contribution < -0.4 is 10.6 Å². The number of anilines is 2. The normalized spacial score (nSPS) is 10.2. The number of hydrogen-bond acceptors (Lipinski definition) is 8. The Bertz CT molecular complexity index is 1010. The van der Waals surface area contributed by atoms with E-state index >= 15 is 0 Å². The standard InChI is InChI=1S/C18H15N5O4S/c1-27-17(26)12-4-2-3-5-13(12)22-15(24)8-11-10-28-18(21-11)23-16(25)14-9-19-6-7-20-14/h2-7,9-10H,8H2,1H3,(H,22,24)(H,21,23,25). The van der Waals surface area contributed by atoms with Gasteiger partial charge in [0.15, 0.2) is 5.13 Å². The maximum atomic E-state index is 12.3. The molecular formula is C18H15N5O4S. The van der Waals surface area contributed by atoms with E-state index in [1.807, 2.05) is 0 Å². The number of ether oxygens (including phenoxy) is 1. The van der Waals surface area contributed by atoms with Gasteiger partial charge in [-0.3, -0.25) is 19.9 Å². The van der Waals surface area contributed by atoms with Crippen LogP contribution in [0.15, 0.2) is 48.2 Å². The van der Waals surface area contributed by atoms with Crippen LogP contribution >= 0.6 is 11.3 Å². The minimum atomic E-state index is -0.543. The molecule has 1 aromatic carbocycles. The molecule has 0 spiro atoms. The van der Waals surface area contributed by atoms with Crippen LogP contribution in [0.4, 0.5) is 10.8 Å². The fourth-order valence-corrected chi connectivity index (χ4v) is 2.97. The van der Waals surface area contributed by atoms with Gasteiger partial charge in [-0.05, 0) is 12.1 Å². The molecule has 3 rings (SSSR count). The van der Waals surface area contributed by atoms with Gasteiger partial charge in [0.25, 0.3) is 5.91 Å². The Morgan fingerprint density at radius 1 is 1.14 bits per heavy atom. The van der Waals surface area contributed by atoms with Crippen LogP contribution in [0, 0.1) is 0 Å². The first-order valence-corrected chi connectivity index (χ1v) is 8.93. The van der Waals surface area contributed by atoms with Gasteiger partial charge in [0.1, 0.15) is 5.69 Å². The zero-order valence-corrected chi connectivity index (χ0v) is 15.5. The van der Waals surface area contributed by atoms with E-state index in [1.54, 1.807) is 29.6 Å². The minimum absolute atomic E-state index is 0.0208. The monoisotopic (exact) mass is 397 g/mol. The summed E-state index contributed by atoms with van der Waals surface area (Å²) in [6, 6.07) is 6.54. The summed E-state index contributed by atoms with van der Waals surface area (Å²) in [6.45, 7) is 0. The molecule has 0 aliphatic heterocycles. The summed E-state index contributed by atoms with van der Waals surface area (Å²) in [7, 11) is 1.27. The number of para-hydroxylation sites is 1. The van der Waals surface area contributed by atoms with Gasteiger partial charge < -0.3 is 10.1 Å². The predicted octanol–water partition coefficient (Wildman–Crippen LogP) is 2.15. The molecule has 0 radical (unpaired) electrons. The van der Waals surface area contributed by atoms with Gasteiger partial charge in [-0.2, -0.15) is 0 Å². The number of carbonyl (C=O) groups excluding carboxylic acids is 3. The van der Waals surface area contributed by atoms with Crippen LogP contribution in [0.2, 0.25) is 0 Å². The van der Waals surface area contributed by atoms with Gasteiger partial charge in [-0.1, -0.05) is 12.1 Å². The number of thiazole rings is 1. The SMILES string of the molecule is COC(=O)c1ccccc1NC(=O)Cc1csc(NC(=O)c2cnccn2)n1. The van der Waals surface area contributed by atoms with Gasteiger partial charge in [-0.15, -0.1) is 11.3 Å². The molecule has 0 unspecified atom stereocenters. The molecule has 10 heteroatoms.